The molecule has 0 radical (unpaired) electrons. The molecule has 0 heterocycles. The van der Waals surface area contributed by atoms with Crippen LogP contribution in [0.5, 0.6) is 0 Å². The molecular weight excluding hydrogens is 172 g/mol. The first-order valence-corrected chi connectivity index (χ1v) is 2.10. The molecule has 0 unspecified atom stereocenters. The highest BCUT2D eigenvalue weighted by molar-refractivity contribution is 7.79. The fraction of sp³-hybridized carbons (Fsp3) is 0. The smallest absolute Gasteiger partial charge is 0.394 e. The van der Waals surface area contributed by atoms with Gasteiger partial charge in [-0.3, -0.25) is 9.11 Å². The lowest BCUT2D eigenvalue weighted by Crippen LogP contribution is -1.89. The summed E-state index contributed by atoms with van der Waals surface area (Å²) in [4.78, 5) is 0. The minimum absolute atomic E-state index is 0. The monoisotopic (exact) mass is 178 g/mol. The number of rotatable bonds is 0. The number of halogens is 1. The molecule has 0 spiro atoms. The van der Waals surface area contributed by atoms with Crippen LogP contribution >= 0.6 is 12.4 Å². The average molecular weight is 179 g/mol. The van der Waals surface area contributed by atoms with Crippen molar-refractivity contribution in [3.05, 3.63) is 0 Å². The van der Waals surface area contributed by atoms with Crippen LogP contribution in [0.2, 0.25) is 0 Å². The van der Waals surface area contributed by atoms with Crippen molar-refractivity contribution in [2.24, 2.45) is 0 Å². The van der Waals surface area contributed by atoms with Crippen LogP contribution in [0.25, 0.3) is 0 Å². The minimum Gasteiger partial charge on any atom is -0.412 e. The fourth-order valence-corrected chi connectivity index (χ4v) is 0. The van der Waals surface area contributed by atoms with Crippen molar-refractivity contribution in [3.63, 3.8) is 0 Å². The molecule has 0 aromatic carbocycles. The van der Waals surface area contributed by atoms with E-state index in [9.17, 15) is 0 Å². The molecule has 0 atom stereocenters. The van der Waals surface area contributed by atoms with Crippen molar-refractivity contribution < 1.29 is 23.0 Å². The summed E-state index contributed by atoms with van der Waals surface area (Å²) in [5, 5.41) is 0. The molecule has 0 aliphatic carbocycles. The summed E-state index contributed by atoms with van der Waals surface area (Å²) in [6.45, 7) is 0. The molecule has 0 saturated heterocycles. The quantitative estimate of drug-likeness (QED) is 0.332. The third-order valence-corrected chi connectivity index (χ3v) is 0. The molecule has 4 N–H and O–H groups in total. The van der Waals surface area contributed by atoms with Gasteiger partial charge in [-0.15, -0.1) is 12.4 Å². The molecular formula is H7ClMgO5S. The topological polar surface area (TPSA) is 106 Å². The first-order chi connectivity index (χ1) is 2.00. The van der Waals surface area contributed by atoms with E-state index in [2.05, 4.69) is 0 Å². The maximum Gasteiger partial charge on any atom is 0.394 e. The second kappa shape index (κ2) is 7.89. The van der Waals surface area contributed by atoms with Crippen LogP contribution in [0.4, 0.5) is 0 Å². The second-order valence-electron chi connectivity index (χ2n) is 0.448. The highest BCUT2D eigenvalue weighted by Crippen LogP contribution is 1.59. The van der Waals surface area contributed by atoms with Crippen LogP contribution in [0.15, 0.2) is 0 Å². The number of hydrogen-bond acceptors (Lipinski definition) is 2. The summed E-state index contributed by atoms with van der Waals surface area (Å²) >= 11 is 0. The lowest BCUT2D eigenvalue weighted by atomic mass is 15.8. The van der Waals surface area contributed by atoms with E-state index in [1.165, 1.54) is 0 Å². The molecule has 0 aliphatic heterocycles. The van der Waals surface area contributed by atoms with Crippen molar-refractivity contribution in [1.82, 2.24) is 0 Å². The van der Waals surface area contributed by atoms with Crippen LogP contribution in [0.3, 0.4) is 0 Å². The SMILES string of the molecule is Cl.O.O=S(=O)(O)O.[MgH2]. The molecule has 0 aromatic heterocycles. The molecule has 5 nitrogen and oxygen atoms in total. The molecule has 8 heteroatoms. The highest BCUT2D eigenvalue weighted by atomic mass is 35.5. The Kier molecular flexibility index (Phi) is 22.8. The summed E-state index contributed by atoms with van der Waals surface area (Å²) in [5.74, 6) is 0. The van der Waals surface area contributed by atoms with Crippen LogP contribution in [0.1, 0.15) is 0 Å². The Labute approximate surface area is 68.9 Å². The van der Waals surface area contributed by atoms with Gasteiger partial charge in [0.1, 0.15) is 0 Å². The van der Waals surface area contributed by atoms with Gasteiger partial charge in [0, 0.05) is 0 Å². The Morgan fingerprint density at radius 3 is 1.12 bits per heavy atom. The number of hydrogen-bond donors (Lipinski definition) is 2. The van der Waals surface area contributed by atoms with E-state index in [-0.39, 0.29) is 40.9 Å². The summed E-state index contributed by atoms with van der Waals surface area (Å²) in [6, 6.07) is 0. The standard InChI is InChI=1S/ClH.Mg.H2O4S.H2O.2H/c;;1-5(2,3)4;;;/h1H;;(H2,1,2,3,4);1H2;;. The van der Waals surface area contributed by atoms with E-state index in [0.29, 0.717) is 0 Å². The van der Waals surface area contributed by atoms with Gasteiger partial charge in [-0.05, 0) is 0 Å². The van der Waals surface area contributed by atoms with Crippen LogP contribution < -0.4 is 0 Å². The van der Waals surface area contributed by atoms with Gasteiger partial charge in [0.15, 0.2) is 0 Å². The normalized spacial score (nSPS) is 7.25. The predicted octanol–water partition coefficient (Wildman–Crippen LogP) is -1.97. The molecule has 0 amide bonds. The highest BCUT2D eigenvalue weighted by Gasteiger charge is 1.84. The Morgan fingerprint density at radius 2 is 1.12 bits per heavy atom. The third-order valence-electron chi connectivity index (χ3n) is 0. The molecule has 8 heavy (non-hydrogen) atoms. The average Bonchev–Trinajstić information content (AvgIpc) is 0.722. The molecule has 52 valence electrons. The molecule has 0 rings (SSSR count). The van der Waals surface area contributed by atoms with Crippen molar-refractivity contribution in [2.75, 3.05) is 0 Å². The van der Waals surface area contributed by atoms with Gasteiger partial charge in [0.25, 0.3) is 0 Å². The lowest BCUT2D eigenvalue weighted by molar-refractivity contribution is 0.381. The van der Waals surface area contributed by atoms with Gasteiger partial charge in [0.2, 0.25) is 0 Å². The summed E-state index contributed by atoms with van der Waals surface area (Å²) in [6.07, 6.45) is 0. The van der Waals surface area contributed by atoms with Gasteiger partial charge in [-0.25, -0.2) is 0 Å². The summed E-state index contributed by atoms with van der Waals surface area (Å²) in [5.41, 5.74) is 0. The van der Waals surface area contributed by atoms with Crippen LogP contribution in [-0.4, -0.2) is 46.1 Å². The second-order valence-corrected chi connectivity index (χ2v) is 1.34. The van der Waals surface area contributed by atoms with E-state index in [1.54, 1.807) is 0 Å². The summed E-state index contributed by atoms with van der Waals surface area (Å²) < 4.78 is 31.6. The fourth-order valence-electron chi connectivity index (χ4n) is 0. The largest absolute Gasteiger partial charge is 0.412 e. The van der Waals surface area contributed by atoms with Gasteiger partial charge in [-0.2, -0.15) is 8.42 Å². The van der Waals surface area contributed by atoms with Crippen molar-refractivity contribution >= 4 is 45.9 Å². The zero-order valence-electron chi connectivity index (χ0n) is 3.03. The van der Waals surface area contributed by atoms with E-state index in [1.807, 2.05) is 0 Å². The predicted molar refractivity (Wildman–Crippen MR) is 33.6 cm³/mol. The Hall–Kier alpha value is 0.886. The van der Waals surface area contributed by atoms with Crippen LogP contribution in [-0.2, 0) is 10.4 Å². The van der Waals surface area contributed by atoms with Gasteiger partial charge in [0.05, 0.1) is 0 Å². The van der Waals surface area contributed by atoms with Crippen LogP contribution in [0, 0.1) is 0 Å². The third kappa shape index (κ3) is 304. The zero-order valence-corrected chi connectivity index (χ0v) is 4.66. The zero-order chi connectivity index (χ0) is 4.50. The molecule has 0 aromatic rings. The Balaban J connectivity index is -0.0000000267. The maximum absolute atomic E-state index is 8.74. The van der Waals surface area contributed by atoms with E-state index in [0.717, 1.165) is 0 Å². The van der Waals surface area contributed by atoms with Gasteiger partial charge >= 0.3 is 33.5 Å². The van der Waals surface area contributed by atoms with E-state index < -0.39 is 10.4 Å². The van der Waals surface area contributed by atoms with E-state index in [4.69, 9.17) is 17.5 Å². The lowest BCUT2D eigenvalue weighted by Gasteiger charge is -1.68. The summed E-state index contributed by atoms with van der Waals surface area (Å²) in [7, 11) is -4.67. The van der Waals surface area contributed by atoms with Crippen molar-refractivity contribution in [3.8, 4) is 0 Å². The molecule has 0 aliphatic rings. The van der Waals surface area contributed by atoms with Gasteiger partial charge < -0.3 is 5.48 Å². The van der Waals surface area contributed by atoms with Crippen molar-refractivity contribution in [1.29, 1.82) is 0 Å². The first kappa shape index (κ1) is 23.1. The van der Waals surface area contributed by atoms with E-state index >= 15 is 0 Å². The minimum atomic E-state index is -4.67. The molecule has 0 fully saturated rings. The van der Waals surface area contributed by atoms with Gasteiger partial charge in [-0.1, -0.05) is 0 Å². The molecule has 0 saturated carbocycles. The first-order valence-electron chi connectivity index (χ1n) is 0.698. The maximum atomic E-state index is 8.74. The Morgan fingerprint density at radius 1 is 1.12 bits per heavy atom. The molecule has 0 bridgehead atoms. The van der Waals surface area contributed by atoms with Crippen molar-refractivity contribution in [2.45, 2.75) is 0 Å². The Bertz CT molecular complexity index is 95.6.